The molecule has 1 N–H and O–H groups in total. The van der Waals surface area contributed by atoms with Crippen LogP contribution in [0.3, 0.4) is 0 Å². The van der Waals surface area contributed by atoms with Crippen molar-refractivity contribution in [1.29, 1.82) is 0 Å². The molecule has 0 amide bonds. The summed E-state index contributed by atoms with van der Waals surface area (Å²) in [6.07, 6.45) is 8.96. The fourth-order valence-corrected chi connectivity index (χ4v) is 3.83. The Bertz CT molecular complexity index is 314. The lowest BCUT2D eigenvalue weighted by Gasteiger charge is -2.45. The van der Waals surface area contributed by atoms with E-state index in [0.717, 1.165) is 24.3 Å². The minimum absolute atomic E-state index is 0.0713. The predicted molar refractivity (Wildman–Crippen MR) is 79.0 cm³/mol. The highest BCUT2D eigenvalue weighted by atomic mass is 16.3. The molecule has 0 aromatic carbocycles. The highest BCUT2D eigenvalue weighted by Crippen LogP contribution is 2.43. The summed E-state index contributed by atoms with van der Waals surface area (Å²) in [4.78, 5) is 2.71. The molecule has 2 heteroatoms. The normalized spacial score (nSPS) is 36.8. The van der Waals surface area contributed by atoms with E-state index in [1.54, 1.807) is 0 Å². The highest BCUT2D eigenvalue weighted by molar-refractivity contribution is 4.98. The Morgan fingerprint density at radius 2 is 1.68 bits per heavy atom. The lowest BCUT2D eigenvalue weighted by Crippen LogP contribution is -2.50. The van der Waals surface area contributed by atoms with Gasteiger partial charge in [0.2, 0.25) is 0 Å². The Hall–Kier alpha value is -0.0800. The molecule has 3 aliphatic rings. The number of aliphatic hydroxyl groups excluding tert-OH is 1. The SMILES string of the molecule is CC(C)(C)C1CCC(O)C(N(CC2CC2)C2CC2)C1. The zero-order valence-electron chi connectivity index (χ0n) is 12.9. The summed E-state index contributed by atoms with van der Waals surface area (Å²) in [5, 5.41) is 10.5. The molecule has 0 aromatic rings. The molecule has 3 rings (SSSR count). The van der Waals surface area contributed by atoms with Gasteiger partial charge >= 0.3 is 0 Å². The lowest BCUT2D eigenvalue weighted by atomic mass is 9.70. The van der Waals surface area contributed by atoms with Crippen LogP contribution in [0.15, 0.2) is 0 Å². The van der Waals surface area contributed by atoms with Crippen molar-refractivity contribution in [2.75, 3.05) is 6.54 Å². The lowest BCUT2D eigenvalue weighted by molar-refractivity contribution is -0.0221. The quantitative estimate of drug-likeness (QED) is 0.841. The van der Waals surface area contributed by atoms with Crippen molar-refractivity contribution in [3.8, 4) is 0 Å². The van der Waals surface area contributed by atoms with E-state index in [4.69, 9.17) is 0 Å². The van der Waals surface area contributed by atoms with E-state index in [1.807, 2.05) is 0 Å². The van der Waals surface area contributed by atoms with Gasteiger partial charge in [-0.3, -0.25) is 4.90 Å². The molecule has 0 aliphatic heterocycles. The molecule has 3 atom stereocenters. The Morgan fingerprint density at radius 3 is 2.21 bits per heavy atom. The highest BCUT2D eigenvalue weighted by Gasteiger charge is 2.43. The fraction of sp³-hybridized carbons (Fsp3) is 1.00. The van der Waals surface area contributed by atoms with Crippen molar-refractivity contribution in [2.45, 2.75) is 83.9 Å². The van der Waals surface area contributed by atoms with Crippen LogP contribution in [0.2, 0.25) is 0 Å². The molecule has 0 heterocycles. The van der Waals surface area contributed by atoms with Crippen molar-refractivity contribution in [2.24, 2.45) is 17.3 Å². The minimum atomic E-state index is -0.0713. The van der Waals surface area contributed by atoms with Crippen LogP contribution >= 0.6 is 0 Å². The van der Waals surface area contributed by atoms with Gasteiger partial charge in [-0.1, -0.05) is 20.8 Å². The van der Waals surface area contributed by atoms with Crippen LogP contribution in [0, 0.1) is 17.3 Å². The first-order valence-electron chi connectivity index (χ1n) is 8.39. The van der Waals surface area contributed by atoms with Crippen LogP contribution in [0.25, 0.3) is 0 Å². The number of hydrogen-bond donors (Lipinski definition) is 1. The molecule has 3 saturated carbocycles. The Morgan fingerprint density at radius 1 is 1.00 bits per heavy atom. The van der Waals surface area contributed by atoms with Crippen molar-refractivity contribution in [3.05, 3.63) is 0 Å². The molecule has 3 aliphatic carbocycles. The van der Waals surface area contributed by atoms with Crippen molar-refractivity contribution >= 4 is 0 Å². The molecule has 0 aromatic heterocycles. The molecule has 0 bridgehead atoms. The fourth-order valence-electron chi connectivity index (χ4n) is 3.83. The van der Waals surface area contributed by atoms with Crippen LogP contribution in [0.1, 0.15) is 65.7 Å². The molecule has 3 fully saturated rings. The first-order valence-corrected chi connectivity index (χ1v) is 8.39. The zero-order chi connectivity index (χ0) is 13.6. The number of rotatable bonds is 4. The largest absolute Gasteiger partial charge is 0.391 e. The second-order valence-corrected chi connectivity index (χ2v) is 8.38. The number of nitrogens with zero attached hydrogens (tertiary/aromatic N) is 1. The average Bonchev–Trinajstić information content (AvgIpc) is 3.19. The van der Waals surface area contributed by atoms with Gasteiger partial charge in [0.15, 0.2) is 0 Å². The molecule has 0 radical (unpaired) electrons. The molecule has 110 valence electrons. The van der Waals surface area contributed by atoms with Gasteiger partial charge in [0.25, 0.3) is 0 Å². The third-order valence-electron chi connectivity index (χ3n) is 5.61. The number of aliphatic hydroxyl groups is 1. The predicted octanol–water partition coefficient (Wildman–Crippen LogP) is 3.44. The summed E-state index contributed by atoms with van der Waals surface area (Å²) in [6.45, 7) is 8.38. The summed E-state index contributed by atoms with van der Waals surface area (Å²) >= 11 is 0. The molecular weight excluding hydrogens is 234 g/mol. The van der Waals surface area contributed by atoms with E-state index < -0.39 is 0 Å². The summed E-state index contributed by atoms with van der Waals surface area (Å²) < 4.78 is 0. The van der Waals surface area contributed by atoms with Gasteiger partial charge in [-0.2, -0.15) is 0 Å². The van der Waals surface area contributed by atoms with E-state index in [0.29, 0.717) is 11.5 Å². The minimum Gasteiger partial charge on any atom is -0.391 e. The maximum Gasteiger partial charge on any atom is 0.0695 e. The maximum atomic E-state index is 10.5. The molecule has 2 nitrogen and oxygen atoms in total. The van der Waals surface area contributed by atoms with E-state index in [1.165, 1.54) is 45.1 Å². The molecular formula is C17H31NO. The van der Waals surface area contributed by atoms with Gasteiger partial charge in [-0.25, -0.2) is 0 Å². The molecule has 3 unspecified atom stereocenters. The van der Waals surface area contributed by atoms with Crippen LogP contribution in [-0.2, 0) is 0 Å². The second kappa shape index (κ2) is 5.04. The van der Waals surface area contributed by atoms with Gasteiger partial charge < -0.3 is 5.11 Å². The Labute approximate surface area is 118 Å². The first-order chi connectivity index (χ1) is 8.95. The van der Waals surface area contributed by atoms with E-state index in [-0.39, 0.29) is 6.10 Å². The maximum absolute atomic E-state index is 10.5. The monoisotopic (exact) mass is 265 g/mol. The van der Waals surface area contributed by atoms with E-state index in [9.17, 15) is 5.11 Å². The first kappa shape index (κ1) is 13.9. The van der Waals surface area contributed by atoms with Crippen molar-refractivity contribution in [1.82, 2.24) is 4.90 Å². The summed E-state index contributed by atoms with van der Waals surface area (Å²) in [5.41, 5.74) is 0.396. The summed E-state index contributed by atoms with van der Waals surface area (Å²) in [6, 6.07) is 1.25. The van der Waals surface area contributed by atoms with Crippen LogP contribution in [-0.4, -0.2) is 34.7 Å². The molecule has 0 saturated heterocycles. The zero-order valence-corrected chi connectivity index (χ0v) is 12.9. The summed E-state index contributed by atoms with van der Waals surface area (Å²) in [5.74, 6) is 1.73. The smallest absolute Gasteiger partial charge is 0.0695 e. The van der Waals surface area contributed by atoms with Gasteiger partial charge in [0.1, 0.15) is 0 Å². The third kappa shape index (κ3) is 3.33. The van der Waals surface area contributed by atoms with Crippen molar-refractivity contribution < 1.29 is 5.11 Å². The third-order valence-corrected chi connectivity index (χ3v) is 5.61. The summed E-state index contributed by atoms with van der Waals surface area (Å²) in [7, 11) is 0. The van der Waals surface area contributed by atoms with Gasteiger partial charge in [-0.05, 0) is 62.2 Å². The Balaban J connectivity index is 1.68. The van der Waals surface area contributed by atoms with Gasteiger partial charge in [0, 0.05) is 18.6 Å². The van der Waals surface area contributed by atoms with Crippen LogP contribution in [0.5, 0.6) is 0 Å². The van der Waals surface area contributed by atoms with Crippen LogP contribution < -0.4 is 0 Å². The van der Waals surface area contributed by atoms with E-state index in [2.05, 4.69) is 25.7 Å². The van der Waals surface area contributed by atoms with Gasteiger partial charge in [0.05, 0.1) is 6.10 Å². The van der Waals surface area contributed by atoms with Crippen molar-refractivity contribution in [3.63, 3.8) is 0 Å². The van der Waals surface area contributed by atoms with Gasteiger partial charge in [-0.15, -0.1) is 0 Å². The Kier molecular flexibility index (Phi) is 3.68. The standard InChI is InChI=1S/C17H31NO/c1-17(2,3)13-6-9-16(19)15(10-13)18(14-7-8-14)11-12-4-5-12/h12-16,19H,4-11H2,1-3H3. The van der Waals surface area contributed by atoms with E-state index >= 15 is 0 Å². The molecule has 0 spiro atoms. The van der Waals surface area contributed by atoms with Crippen LogP contribution in [0.4, 0.5) is 0 Å². The second-order valence-electron chi connectivity index (χ2n) is 8.38. The average molecular weight is 265 g/mol. The topological polar surface area (TPSA) is 23.5 Å². The number of hydrogen-bond acceptors (Lipinski definition) is 2. The molecule has 19 heavy (non-hydrogen) atoms.